The molecule has 2 heterocycles. The van der Waals surface area contributed by atoms with Gasteiger partial charge in [0.1, 0.15) is 0 Å². The third-order valence-electron chi connectivity index (χ3n) is 6.08. The number of aromatic nitrogens is 1. The van der Waals surface area contributed by atoms with Gasteiger partial charge in [-0.1, -0.05) is 54.6 Å². The summed E-state index contributed by atoms with van der Waals surface area (Å²) in [5.41, 5.74) is 6.98. The van der Waals surface area contributed by atoms with Crippen LogP contribution >= 0.6 is 0 Å². The predicted octanol–water partition coefficient (Wildman–Crippen LogP) is 5.77. The third-order valence-corrected chi connectivity index (χ3v) is 6.08. The van der Waals surface area contributed by atoms with E-state index in [1.807, 2.05) is 17.0 Å². The number of hydrogen-bond donors (Lipinski definition) is 1. The van der Waals surface area contributed by atoms with Crippen LogP contribution in [0.15, 0.2) is 78.4 Å². The van der Waals surface area contributed by atoms with Gasteiger partial charge in [0.2, 0.25) is 0 Å². The average molecular weight is 368 g/mol. The summed E-state index contributed by atoms with van der Waals surface area (Å²) in [6.45, 7) is 4.49. The van der Waals surface area contributed by atoms with E-state index in [0.717, 1.165) is 48.0 Å². The number of nitrogens with one attached hydrogen (secondary N) is 1. The van der Waals surface area contributed by atoms with E-state index >= 15 is 0 Å². The van der Waals surface area contributed by atoms with Crippen molar-refractivity contribution < 1.29 is 4.79 Å². The van der Waals surface area contributed by atoms with Crippen LogP contribution in [-0.4, -0.2) is 22.3 Å². The molecule has 0 radical (unpaired) electrons. The Morgan fingerprint density at radius 3 is 2.61 bits per heavy atom. The fourth-order valence-electron chi connectivity index (χ4n) is 4.89. The highest BCUT2D eigenvalue weighted by Gasteiger charge is 2.42. The molecule has 140 valence electrons. The molecule has 1 unspecified atom stereocenters. The van der Waals surface area contributed by atoms with Crippen LogP contribution in [0.3, 0.4) is 0 Å². The Morgan fingerprint density at radius 1 is 1.04 bits per heavy atom. The van der Waals surface area contributed by atoms with Crippen molar-refractivity contribution in [3.8, 4) is 11.3 Å². The summed E-state index contributed by atoms with van der Waals surface area (Å²) < 4.78 is 0. The normalized spacial score (nSPS) is 19.4. The minimum atomic E-state index is -0.00726. The van der Waals surface area contributed by atoms with Crippen molar-refractivity contribution in [2.75, 3.05) is 6.54 Å². The summed E-state index contributed by atoms with van der Waals surface area (Å²) in [5.74, 6) is 0.198. The van der Waals surface area contributed by atoms with Crippen molar-refractivity contribution in [2.24, 2.45) is 0 Å². The first-order valence-electron chi connectivity index (χ1n) is 10.1. The molecule has 5 rings (SSSR count). The fourth-order valence-corrected chi connectivity index (χ4v) is 4.89. The molecule has 3 heteroatoms. The average Bonchev–Trinajstić information content (AvgIpc) is 3.25. The molecule has 1 aliphatic carbocycles. The molecule has 0 saturated heterocycles. The van der Waals surface area contributed by atoms with Gasteiger partial charge >= 0.3 is 0 Å². The van der Waals surface area contributed by atoms with Crippen LogP contribution < -0.4 is 0 Å². The summed E-state index contributed by atoms with van der Waals surface area (Å²) in [6, 6.07) is 18.9. The Morgan fingerprint density at radius 2 is 1.79 bits per heavy atom. The summed E-state index contributed by atoms with van der Waals surface area (Å²) in [7, 11) is 0. The van der Waals surface area contributed by atoms with Crippen LogP contribution in [0, 0.1) is 0 Å². The molecular weight excluding hydrogens is 344 g/mol. The van der Waals surface area contributed by atoms with Crippen LogP contribution in [0.4, 0.5) is 0 Å². The van der Waals surface area contributed by atoms with E-state index in [2.05, 4.69) is 60.1 Å². The van der Waals surface area contributed by atoms with Crippen LogP contribution in [0.5, 0.6) is 0 Å². The van der Waals surface area contributed by atoms with Crippen LogP contribution in [0.2, 0.25) is 0 Å². The first-order chi connectivity index (χ1) is 13.8. The quantitative estimate of drug-likeness (QED) is 0.583. The van der Waals surface area contributed by atoms with E-state index in [1.165, 1.54) is 16.5 Å². The van der Waals surface area contributed by atoms with Gasteiger partial charge < -0.3 is 9.88 Å². The van der Waals surface area contributed by atoms with Gasteiger partial charge in [-0.05, 0) is 42.9 Å². The largest absolute Gasteiger partial charge is 0.354 e. The molecule has 1 aromatic heterocycles. The number of rotatable bonds is 4. The molecule has 2 aromatic carbocycles. The van der Waals surface area contributed by atoms with Gasteiger partial charge in [-0.25, -0.2) is 0 Å². The Kier molecular flexibility index (Phi) is 4.16. The Hall–Kier alpha value is -3.07. The molecule has 0 saturated carbocycles. The second-order valence-corrected chi connectivity index (χ2v) is 7.68. The van der Waals surface area contributed by atoms with Gasteiger partial charge in [0.05, 0.1) is 11.7 Å². The first-order valence-corrected chi connectivity index (χ1v) is 10.1. The maximum Gasteiger partial charge on any atom is 0.250 e. The number of aromatic amines is 1. The number of carbonyl (C=O) groups excluding carboxylic acids is 1. The van der Waals surface area contributed by atoms with Crippen LogP contribution in [0.1, 0.15) is 37.3 Å². The van der Waals surface area contributed by atoms with E-state index in [9.17, 15) is 4.79 Å². The number of hydrogen-bond acceptors (Lipinski definition) is 1. The number of fused-ring (bicyclic) bond motifs is 1. The zero-order chi connectivity index (χ0) is 19.1. The summed E-state index contributed by atoms with van der Waals surface area (Å²) in [4.78, 5) is 18.9. The lowest BCUT2D eigenvalue weighted by Gasteiger charge is -2.27. The lowest BCUT2D eigenvalue weighted by Crippen LogP contribution is -2.30. The van der Waals surface area contributed by atoms with Gasteiger partial charge in [0.25, 0.3) is 5.91 Å². The summed E-state index contributed by atoms with van der Waals surface area (Å²) in [5, 5.41) is 1.20. The fraction of sp³-hybridized carbons (Fsp3) is 0.240. The van der Waals surface area contributed by atoms with E-state index in [-0.39, 0.29) is 11.9 Å². The topological polar surface area (TPSA) is 36.1 Å². The SMILES string of the molecule is C=CCN1C(=O)C2=C(CCCC2)C1c1c(-c2ccccc2)[nH]c2ccccc12. The maximum absolute atomic E-state index is 13.2. The molecule has 1 N–H and O–H groups in total. The summed E-state index contributed by atoms with van der Waals surface area (Å²) >= 11 is 0. The van der Waals surface area contributed by atoms with Gasteiger partial charge in [-0.15, -0.1) is 6.58 Å². The van der Waals surface area contributed by atoms with Crippen molar-refractivity contribution >= 4 is 16.8 Å². The van der Waals surface area contributed by atoms with E-state index < -0.39 is 0 Å². The molecule has 1 amide bonds. The number of amides is 1. The number of benzene rings is 2. The molecule has 3 aromatic rings. The maximum atomic E-state index is 13.2. The predicted molar refractivity (Wildman–Crippen MR) is 114 cm³/mol. The Bertz CT molecular complexity index is 1090. The number of para-hydroxylation sites is 1. The Labute approximate surface area is 165 Å². The molecule has 28 heavy (non-hydrogen) atoms. The lowest BCUT2D eigenvalue weighted by atomic mass is 9.86. The zero-order valence-corrected chi connectivity index (χ0v) is 15.9. The van der Waals surface area contributed by atoms with Crippen LogP contribution in [0.25, 0.3) is 22.2 Å². The number of carbonyl (C=O) groups is 1. The lowest BCUT2D eigenvalue weighted by molar-refractivity contribution is -0.126. The van der Waals surface area contributed by atoms with Gasteiger partial charge in [0, 0.05) is 28.6 Å². The molecule has 2 aliphatic rings. The molecule has 1 aliphatic heterocycles. The first kappa shape index (κ1) is 17.1. The van der Waals surface area contributed by atoms with Gasteiger partial charge in [0.15, 0.2) is 0 Å². The highest BCUT2D eigenvalue weighted by atomic mass is 16.2. The molecule has 0 fully saturated rings. The standard InChI is InChI=1S/C25H24N2O/c1-2-16-27-24(18-12-6-7-13-19(18)25(27)28)22-20-14-8-9-15-21(20)26-23(22)17-10-4-3-5-11-17/h2-5,8-11,14-15,24,26H,1,6-7,12-13,16H2. The van der Waals surface area contributed by atoms with E-state index in [0.29, 0.717) is 6.54 Å². The molecule has 3 nitrogen and oxygen atoms in total. The monoisotopic (exact) mass is 368 g/mol. The van der Waals surface area contributed by atoms with Crippen molar-refractivity contribution in [1.29, 1.82) is 0 Å². The smallest absolute Gasteiger partial charge is 0.250 e. The number of nitrogens with zero attached hydrogens (tertiary/aromatic N) is 1. The zero-order valence-electron chi connectivity index (χ0n) is 15.9. The van der Waals surface area contributed by atoms with E-state index in [4.69, 9.17) is 0 Å². The van der Waals surface area contributed by atoms with Crippen molar-refractivity contribution in [2.45, 2.75) is 31.7 Å². The van der Waals surface area contributed by atoms with Crippen molar-refractivity contribution in [1.82, 2.24) is 9.88 Å². The molecular formula is C25H24N2O. The summed E-state index contributed by atoms with van der Waals surface area (Å²) in [6.07, 6.45) is 6.03. The minimum Gasteiger partial charge on any atom is -0.354 e. The van der Waals surface area contributed by atoms with Gasteiger partial charge in [-0.2, -0.15) is 0 Å². The highest BCUT2D eigenvalue weighted by Crippen LogP contribution is 2.48. The number of H-pyrrole nitrogens is 1. The van der Waals surface area contributed by atoms with Crippen LogP contribution in [-0.2, 0) is 4.79 Å². The third kappa shape index (κ3) is 2.54. The minimum absolute atomic E-state index is 0.00726. The second-order valence-electron chi connectivity index (χ2n) is 7.68. The second kappa shape index (κ2) is 6.83. The van der Waals surface area contributed by atoms with Crippen molar-refractivity contribution in [3.63, 3.8) is 0 Å². The Balaban J connectivity index is 1.78. The molecule has 0 bridgehead atoms. The van der Waals surface area contributed by atoms with Gasteiger partial charge in [-0.3, -0.25) is 4.79 Å². The highest BCUT2D eigenvalue weighted by molar-refractivity contribution is 6.00. The van der Waals surface area contributed by atoms with Crippen molar-refractivity contribution in [3.05, 3.63) is 84.0 Å². The molecule has 1 atom stereocenters. The van der Waals surface area contributed by atoms with E-state index in [1.54, 1.807) is 0 Å². The molecule has 0 spiro atoms.